The highest BCUT2D eigenvalue weighted by molar-refractivity contribution is 8.77. The lowest BCUT2D eigenvalue weighted by molar-refractivity contribution is -0.145. The van der Waals surface area contributed by atoms with Gasteiger partial charge in [-0.2, -0.15) is 0 Å². The molecular weight excluding hydrogens is 735 g/mol. The molecule has 0 aliphatic carbocycles. The number of carboxylic acid groups (broad SMARTS) is 1. The molecule has 1 N–H and O–H groups in total. The zero-order chi connectivity index (χ0) is 38.6. The minimum Gasteiger partial charge on any atom is -0.481 e. The molecule has 0 amide bonds. The van der Waals surface area contributed by atoms with Crippen molar-refractivity contribution in [3.63, 3.8) is 0 Å². The Balaban J connectivity index is 2.30. The molecule has 1 fully saturated rings. The summed E-state index contributed by atoms with van der Waals surface area (Å²) in [6.45, 7) is 8.30. The number of ether oxygens (including phenoxy) is 1. The first-order valence-electron chi connectivity index (χ1n) is 22.5. The highest BCUT2D eigenvalue weighted by Crippen LogP contribution is 2.34. The molecule has 0 aromatic carbocycles. The van der Waals surface area contributed by atoms with Crippen LogP contribution >= 0.6 is 43.2 Å². The van der Waals surface area contributed by atoms with E-state index in [4.69, 9.17) is 4.74 Å². The van der Waals surface area contributed by atoms with Crippen molar-refractivity contribution in [1.29, 1.82) is 0 Å². The van der Waals surface area contributed by atoms with E-state index in [1.807, 2.05) is 43.2 Å². The number of aliphatic carboxylic acids is 1. The fraction of sp³-hybridized carbons (Fsp3) is 0.955. The standard InChI is InChI=1S/C44H85NO4S4/c1-5-8-11-14-15-16-19-22-27-40(42-36-41(44(47)48)30-32-45(42)4)28-23-20-17-18-21-24-29-43(46)49-33-31-39(37-52-50-34-25-12-9-6-2)38-53-51-35-26-13-10-7-3/h39-42H,5-38H2,1-4H3,(H,47,48). The van der Waals surface area contributed by atoms with E-state index in [0.29, 0.717) is 30.9 Å². The third-order valence-electron chi connectivity index (χ3n) is 11.2. The number of carbonyl (C=O) groups excluding carboxylic acids is 1. The topological polar surface area (TPSA) is 66.8 Å². The molecule has 0 saturated carbocycles. The SMILES string of the molecule is CCCCCCCCCCC(CCCCCCCCC(=O)OCCC(CSSCCCCCC)CSSCCCCCC)C1CC(C(=O)O)CCN1C. The number of hydrogen-bond acceptors (Lipinski definition) is 8. The van der Waals surface area contributed by atoms with Gasteiger partial charge in [0.15, 0.2) is 0 Å². The maximum atomic E-state index is 12.6. The monoisotopic (exact) mass is 820 g/mol. The van der Waals surface area contributed by atoms with Crippen molar-refractivity contribution < 1.29 is 19.4 Å². The van der Waals surface area contributed by atoms with E-state index in [2.05, 4.69) is 32.7 Å². The number of carboxylic acids is 1. The summed E-state index contributed by atoms with van der Waals surface area (Å²) in [4.78, 5) is 26.9. The van der Waals surface area contributed by atoms with Gasteiger partial charge in [0, 0.05) is 35.5 Å². The summed E-state index contributed by atoms with van der Waals surface area (Å²) in [5, 5.41) is 9.75. The second-order valence-corrected chi connectivity index (χ2v) is 21.3. The molecule has 1 rings (SSSR count). The average molecular weight is 820 g/mol. The van der Waals surface area contributed by atoms with Gasteiger partial charge in [0.25, 0.3) is 0 Å². The van der Waals surface area contributed by atoms with E-state index in [0.717, 1.165) is 50.2 Å². The van der Waals surface area contributed by atoms with Gasteiger partial charge in [-0.25, -0.2) is 0 Å². The minimum absolute atomic E-state index is 0.0141. The van der Waals surface area contributed by atoms with Gasteiger partial charge >= 0.3 is 11.9 Å². The Bertz CT molecular complexity index is 819. The smallest absolute Gasteiger partial charge is 0.306 e. The second-order valence-electron chi connectivity index (χ2n) is 16.0. The number of likely N-dealkylation sites (tertiary alicyclic amines) is 1. The molecule has 314 valence electrons. The van der Waals surface area contributed by atoms with Gasteiger partial charge < -0.3 is 14.7 Å². The van der Waals surface area contributed by atoms with Crippen LogP contribution in [0.5, 0.6) is 0 Å². The van der Waals surface area contributed by atoms with Crippen LogP contribution in [0.25, 0.3) is 0 Å². The molecule has 53 heavy (non-hydrogen) atoms. The van der Waals surface area contributed by atoms with Crippen LogP contribution in [0.3, 0.4) is 0 Å². The lowest BCUT2D eigenvalue weighted by atomic mass is 9.79. The Morgan fingerprint density at radius 2 is 1.11 bits per heavy atom. The molecule has 0 bridgehead atoms. The largest absolute Gasteiger partial charge is 0.481 e. The molecule has 5 nitrogen and oxygen atoms in total. The van der Waals surface area contributed by atoms with Crippen LogP contribution in [-0.4, -0.2) is 71.2 Å². The van der Waals surface area contributed by atoms with Crippen molar-refractivity contribution >= 4 is 55.1 Å². The summed E-state index contributed by atoms with van der Waals surface area (Å²) in [6, 6.07) is 0.409. The summed E-state index contributed by atoms with van der Waals surface area (Å²) in [5.41, 5.74) is 0. The molecule has 0 radical (unpaired) electrons. The molecule has 1 aliphatic heterocycles. The zero-order valence-electron chi connectivity index (χ0n) is 35.1. The van der Waals surface area contributed by atoms with E-state index in [1.54, 1.807) is 0 Å². The number of hydrogen-bond donors (Lipinski definition) is 1. The third-order valence-corrected chi connectivity index (χ3v) is 16.5. The van der Waals surface area contributed by atoms with Gasteiger partial charge in [-0.1, -0.05) is 186 Å². The Morgan fingerprint density at radius 1 is 0.642 bits per heavy atom. The normalized spacial score (nSPS) is 17.1. The van der Waals surface area contributed by atoms with Crippen molar-refractivity contribution in [1.82, 2.24) is 4.90 Å². The van der Waals surface area contributed by atoms with E-state index in [9.17, 15) is 14.7 Å². The molecule has 3 unspecified atom stereocenters. The van der Waals surface area contributed by atoms with Crippen LogP contribution in [0.1, 0.15) is 201 Å². The summed E-state index contributed by atoms with van der Waals surface area (Å²) >= 11 is 0. The summed E-state index contributed by atoms with van der Waals surface area (Å²) in [5.74, 6) is 5.22. The third kappa shape index (κ3) is 30.1. The molecule has 3 atom stereocenters. The van der Waals surface area contributed by atoms with Crippen LogP contribution in [-0.2, 0) is 14.3 Å². The highest BCUT2D eigenvalue weighted by atomic mass is 33.1. The van der Waals surface area contributed by atoms with Gasteiger partial charge in [0.2, 0.25) is 0 Å². The Morgan fingerprint density at radius 3 is 1.62 bits per heavy atom. The van der Waals surface area contributed by atoms with Crippen molar-refractivity contribution in [3.05, 3.63) is 0 Å². The lowest BCUT2D eigenvalue weighted by Gasteiger charge is -2.40. The van der Waals surface area contributed by atoms with Crippen LogP contribution in [0.15, 0.2) is 0 Å². The summed E-state index contributed by atoms with van der Waals surface area (Å²) in [7, 11) is 10.3. The average Bonchev–Trinajstić information content (AvgIpc) is 3.15. The fourth-order valence-corrected chi connectivity index (χ4v) is 12.9. The maximum absolute atomic E-state index is 12.6. The quantitative estimate of drug-likeness (QED) is 0.0371. The van der Waals surface area contributed by atoms with Crippen molar-refractivity contribution in [2.45, 2.75) is 207 Å². The van der Waals surface area contributed by atoms with E-state index in [-0.39, 0.29) is 11.9 Å². The van der Waals surface area contributed by atoms with Crippen LogP contribution in [0, 0.1) is 17.8 Å². The molecule has 0 aromatic heterocycles. The first kappa shape index (κ1) is 51.3. The molecule has 1 aliphatic rings. The van der Waals surface area contributed by atoms with Crippen LogP contribution in [0.2, 0.25) is 0 Å². The Kier molecular flexibility index (Phi) is 36.7. The molecular formula is C44H85NO4S4. The predicted octanol–water partition coefficient (Wildman–Crippen LogP) is 14.5. The molecule has 1 heterocycles. The van der Waals surface area contributed by atoms with Gasteiger partial charge in [-0.3, -0.25) is 9.59 Å². The predicted molar refractivity (Wildman–Crippen MR) is 242 cm³/mol. The number of nitrogens with zero attached hydrogens (tertiary/aromatic N) is 1. The summed E-state index contributed by atoms with van der Waals surface area (Å²) < 4.78 is 5.73. The second kappa shape index (κ2) is 37.9. The van der Waals surface area contributed by atoms with Gasteiger partial charge in [0.1, 0.15) is 0 Å². The van der Waals surface area contributed by atoms with E-state index < -0.39 is 5.97 Å². The Hall–Kier alpha value is 0.300. The van der Waals surface area contributed by atoms with E-state index >= 15 is 0 Å². The number of piperidine rings is 1. The fourth-order valence-electron chi connectivity index (χ4n) is 7.55. The van der Waals surface area contributed by atoms with Gasteiger partial charge in [-0.15, -0.1) is 0 Å². The van der Waals surface area contributed by atoms with Crippen molar-refractivity contribution in [2.75, 3.05) is 43.2 Å². The first-order valence-corrected chi connectivity index (χ1v) is 27.5. The Labute approximate surface area is 345 Å². The van der Waals surface area contributed by atoms with E-state index in [1.165, 1.54) is 153 Å². The van der Waals surface area contributed by atoms with Gasteiger partial charge in [0.05, 0.1) is 12.5 Å². The molecule has 1 saturated heterocycles. The number of unbranched alkanes of at least 4 members (excludes halogenated alkanes) is 18. The number of carbonyl (C=O) groups is 2. The maximum Gasteiger partial charge on any atom is 0.306 e. The minimum atomic E-state index is -0.601. The molecule has 0 spiro atoms. The zero-order valence-corrected chi connectivity index (χ0v) is 38.4. The van der Waals surface area contributed by atoms with Crippen LogP contribution < -0.4 is 0 Å². The molecule has 0 aromatic rings. The van der Waals surface area contributed by atoms with Crippen LogP contribution in [0.4, 0.5) is 0 Å². The summed E-state index contributed by atoms with van der Waals surface area (Å²) in [6.07, 6.45) is 33.9. The van der Waals surface area contributed by atoms with Crippen molar-refractivity contribution in [3.8, 4) is 0 Å². The lowest BCUT2D eigenvalue weighted by Crippen LogP contribution is -2.46. The first-order chi connectivity index (χ1) is 25.9. The molecule has 9 heteroatoms. The number of rotatable bonds is 39. The number of esters is 1. The highest BCUT2D eigenvalue weighted by Gasteiger charge is 2.34. The van der Waals surface area contributed by atoms with Crippen molar-refractivity contribution in [2.24, 2.45) is 17.8 Å². The van der Waals surface area contributed by atoms with Gasteiger partial charge in [-0.05, 0) is 76.8 Å².